The van der Waals surface area contributed by atoms with Crippen LogP contribution in [-0.4, -0.2) is 26.3 Å². The molecule has 6 heteroatoms. The molecule has 1 fully saturated rings. The summed E-state index contributed by atoms with van der Waals surface area (Å²) in [5.41, 5.74) is 2.53. The Hall–Kier alpha value is -2.76. The molecule has 1 aliphatic rings. The molecular weight excluding hydrogens is 307 g/mol. The number of carbonyl (C=O) groups is 1. The lowest BCUT2D eigenvalue weighted by atomic mass is 10.1. The van der Waals surface area contributed by atoms with Gasteiger partial charge >= 0.3 is 0 Å². The Morgan fingerprint density at radius 1 is 1.25 bits per heavy atom. The molecule has 0 bridgehead atoms. The summed E-state index contributed by atoms with van der Waals surface area (Å²) in [6.07, 6.45) is 7.43. The minimum Gasteiger partial charge on any atom is -0.348 e. The van der Waals surface area contributed by atoms with Crippen LogP contribution in [0, 0.1) is 11.7 Å². The maximum Gasteiger partial charge on any atom is 0.274 e. The van der Waals surface area contributed by atoms with Crippen LogP contribution in [0.1, 0.15) is 30.3 Å². The number of hydrogen-bond acceptors (Lipinski definition) is 3. The molecule has 0 unspecified atom stereocenters. The van der Waals surface area contributed by atoms with E-state index < -0.39 is 0 Å². The zero-order chi connectivity index (χ0) is 16.7. The summed E-state index contributed by atoms with van der Waals surface area (Å²) in [7, 11) is 0. The van der Waals surface area contributed by atoms with Gasteiger partial charge in [0.25, 0.3) is 5.91 Å². The minimum atomic E-state index is -0.279. The molecule has 1 aromatic carbocycles. The number of nitrogens with zero attached hydrogens (tertiary/aromatic N) is 3. The molecule has 0 saturated heterocycles. The standard InChI is InChI=1S/C18H17FN4O/c1-11(12-2-3-12)22-18(24)16-17-20-8-14(9-23(17)10-21-16)13-4-6-15(19)7-5-13/h4-12H,2-3H2,1H3,(H,22,24)/t11-/m0/s1. The topological polar surface area (TPSA) is 59.3 Å². The maximum absolute atomic E-state index is 13.0. The molecule has 2 aromatic heterocycles. The van der Waals surface area contributed by atoms with E-state index in [4.69, 9.17) is 0 Å². The number of aromatic nitrogens is 3. The van der Waals surface area contributed by atoms with Gasteiger partial charge in [-0.3, -0.25) is 9.20 Å². The normalized spacial score (nSPS) is 15.4. The molecule has 122 valence electrons. The SMILES string of the molecule is C[C@H](NC(=O)c1ncn2cc(-c3ccc(F)cc3)cnc12)C1CC1. The van der Waals surface area contributed by atoms with E-state index in [1.807, 2.05) is 13.1 Å². The van der Waals surface area contributed by atoms with Crippen LogP contribution in [-0.2, 0) is 0 Å². The third kappa shape index (κ3) is 2.75. The van der Waals surface area contributed by atoms with Gasteiger partial charge in [0.1, 0.15) is 12.1 Å². The highest BCUT2D eigenvalue weighted by molar-refractivity contribution is 5.98. The minimum absolute atomic E-state index is 0.160. The summed E-state index contributed by atoms with van der Waals surface area (Å²) in [6.45, 7) is 2.02. The van der Waals surface area contributed by atoms with Crippen LogP contribution in [0.5, 0.6) is 0 Å². The van der Waals surface area contributed by atoms with Crippen LogP contribution in [0.3, 0.4) is 0 Å². The van der Waals surface area contributed by atoms with Crippen LogP contribution >= 0.6 is 0 Å². The Bertz CT molecular complexity index is 899. The summed E-state index contributed by atoms with van der Waals surface area (Å²) in [4.78, 5) is 21.0. The fourth-order valence-electron chi connectivity index (χ4n) is 2.83. The number of nitrogens with one attached hydrogen (secondary N) is 1. The van der Waals surface area contributed by atoms with Crippen molar-refractivity contribution in [1.29, 1.82) is 0 Å². The largest absolute Gasteiger partial charge is 0.348 e. The van der Waals surface area contributed by atoms with Crippen LogP contribution < -0.4 is 5.32 Å². The lowest BCUT2D eigenvalue weighted by Gasteiger charge is -2.11. The summed E-state index contributed by atoms with van der Waals surface area (Å²) in [6, 6.07) is 6.37. The highest BCUT2D eigenvalue weighted by Gasteiger charge is 2.30. The second-order valence-electron chi connectivity index (χ2n) is 6.27. The molecule has 0 radical (unpaired) electrons. The van der Waals surface area contributed by atoms with Gasteiger partial charge in [-0.05, 0) is 43.4 Å². The average Bonchev–Trinajstić information content (AvgIpc) is 3.35. The zero-order valence-electron chi connectivity index (χ0n) is 13.2. The van der Waals surface area contributed by atoms with Gasteiger partial charge in [0, 0.05) is 24.0 Å². The van der Waals surface area contributed by atoms with Crippen LogP contribution in [0.2, 0.25) is 0 Å². The van der Waals surface area contributed by atoms with Gasteiger partial charge < -0.3 is 5.32 Å². The fraction of sp³-hybridized carbons (Fsp3) is 0.278. The van der Waals surface area contributed by atoms with E-state index in [2.05, 4.69) is 15.3 Å². The molecule has 1 atom stereocenters. The third-order valence-corrected chi connectivity index (χ3v) is 4.45. The first-order valence-corrected chi connectivity index (χ1v) is 8.01. The van der Waals surface area contributed by atoms with Gasteiger partial charge in [-0.2, -0.15) is 0 Å². The molecule has 5 nitrogen and oxygen atoms in total. The van der Waals surface area contributed by atoms with Gasteiger partial charge in [-0.25, -0.2) is 14.4 Å². The second kappa shape index (κ2) is 5.70. The van der Waals surface area contributed by atoms with E-state index >= 15 is 0 Å². The molecule has 1 amide bonds. The first-order chi connectivity index (χ1) is 11.6. The Morgan fingerprint density at radius 2 is 2.00 bits per heavy atom. The lowest BCUT2D eigenvalue weighted by molar-refractivity contribution is 0.0933. The summed E-state index contributed by atoms with van der Waals surface area (Å²) in [5.74, 6) is 0.110. The van der Waals surface area contributed by atoms with Crippen molar-refractivity contribution in [2.24, 2.45) is 5.92 Å². The first-order valence-electron chi connectivity index (χ1n) is 8.01. The van der Waals surface area contributed by atoms with E-state index in [1.165, 1.54) is 25.0 Å². The molecule has 2 heterocycles. The number of hydrogen-bond donors (Lipinski definition) is 1. The molecule has 0 spiro atoms. The van der Waals surface area contributed by atoms with Gasteiger partial charge in [0.15, 0.2) is 11.3 Å². The van der Waals surface area contributed by atoms with Crippen LogP contribution in [0.25, 0.3) is 16.8 Å². The van der Waals surface area contributed by atoms with Gasteiger partial charge in [0.05, 0.1) is 0 Å². The number of fused-ring (bicyclic) bond motifs is 1. The molecule has 0 aliphatic heterocycles. The Kier molecular flexibility index (Phi) is 3.52. The number of rotatable bonds is 4. The molecule has 4 rings (SSSR count). The monoisotopic (exact) mass is 324 g/mol. The quantitative estimate of drug-likeness (QED) is 0.802. The predicted octanol–water partition coefficient (Wildman–Crippen LogP) is 3.06. The zero-order valence-corrected chi connectivity index (χ0v) is 13.2. The predicted molar refractivity (Wildman–Crippen MR) is 88.0 cm³/mol. The van der Waals surface area contributed by atoms with Crippen molar-refractivity contribution in [1.82, 2.24) is 19.7 Å². The second-order valence-corrected chi connectivity index (χ2v) is 6.27. The van der Waals surface area contributed by atoms with Gasteiger partial charge in [0.2, 0.25) is 0 Å². The van der Waals surface area contributed by atoms with Crippen molar-refractivity contribution in [3.05, 3.63) is 54.5 Å². The van der Waals surface area contributed by atoms with E-state index in [9.17, 15) is 9.18 Å². The highest BCUT2D eigenvalue weighted by Crippen LogP contribution is 2.32. The Labute approximate surface area is 138 Å². The molecular formula is C18H17FN4O. The summed E-state index contributed by atoms with van der Waals surface area (Å²) in [5, 5.41) is 2.99. The van der Waals surface area contributed by atoms with Crippen LogP contribution in [0.15, 0.2) is 43.0 Å². The fourth-order valence-corrected chi connectivity index (χ4v) is 2.83. The number of imidazole rings is 1. The number of halogens is 1. The van der Waals surface area contributed by atoms with Gasteiger partial charge in [-0.1, -0.05) is 12.1 Å². The smallest absolute Gasteiger partial charge is 0.274 e. The summed E-state index contributed by atoms with van der Waals surface area (Å²) < 4.78 is 14.8. The Balaban J connectivity index is 1.62. The molecule has 3 aromatic rings. The number of carbonyl (C=O) groups excluding carboxylic acids is 1. The lowest BCUT2D eigenvalue weighted by Crippen LogP contribution is -2.34. The molecule has 24 heavy (non-hydrogen) atoms. The van der Waals surface area contributed by atoms with Crippen molar-refractivity contribution in [2.75, 3.05) is 0 Å². The maximum atomic E-state index is 13.0. The van der Waals surface area contributed by atoms with Crippen molar-refractivity contribution in [3.63, 3.8) is 0 Å². The molecule has 1 N–H and O–H groups in total. The van der Waals surface area contributed by atoms with Crippen LogP contribution in [0.4, 0.5) is 4.39 Å². The van der Waals surface area contributed by atoms with Crippen molar-refractivity contribution >= 4 is 11.6 Å². The van der Waals surface area contributed by atoms with Crippen molar-refractivity contribution in [3.8, 4) is 11.1 Å². The highest BCUT2D eigenvalue weighted by atomic mass is 19.1. The molecule has 1 saturated carbocycles. The third-order valence-electron chi connectivity index (χ3n) is 4.45. The van der Waals surface area contributed by atoms with E-state index in [0.29, 0.717) is 17.3 Å². The average molecular weight is 324 g/mol. The van der Waals surface area contributed by atoms with Crippen molar-refractivity contribution in [2.45, 2.75) is 25.8 Å². The van der Waals surface area contributed by atoms with E-state index in [1.54, 1.807) is 29.1 Å². The van der Waals surface area contributed by atoms with E-state index in [-0.39, 0.29) is 17.8 Å². The molecule has 1 aliphatic carbocycles. The number of amides is 1. The van der Waals surface area contributed by atoms with Crippen molar-refractivity contribution < 1.29 is 9.18 Å². The van der Waals surface area contributed by atoms with Gasteiger partial charge in [-0.15, -0.1) is 0 Å². The Morgan fingerprint density at radius 3 is 2.71 bits per heavy atom. The summed E-state index contributed by atoms with van der Waals surface area (Å²) >= 11 is 0. The number of benzene rings is 1. The van der Waals surface area contributed by atoms with E-state index in [0.717, 1.165) is 11.1 Å². The first kappa shape index (κ1) is 14.8.